The average molecular weight is 327 g/mol. The minimum absolute atomic E-state index is 0.513. The van der Waals surface area contributed by atoms with Gasteiger partial charge in [0.05, 0.1) is 3.57 Å². The van der Waals surface area contributed by atoms with E-state index in [0.717, 1.165) is 9.32 Å². The molecule has 0 bridgehead atoms. The summed E-state index contributed by atoms with van der Waals surface area (Å²) in [6.07, 6.45) is 0. The van der Waals surface area contributed by atoms with E-state index >= 15 is 0 Å². The molecule has 2 aromatic rings. The van der Waals surface area contributed by atoms with Crippen molar-refractivity contribution in [2.75, 3.05) is 5.43 Å². The molecule has 0 atom stereocenters. The summed E-state index contributed by atoms with van der Waals surface area (Å²) in [5.74, 6) is 7.14. The van der Waals surface area contributed by atoms with E-state index in [0.29, 0.717) is 11.7 Å². The first-order chi connectivity index (χ1) is 7.79. The summed E-state index contributed by atoms with van der Waals surface area (Å²) in [5, 5.41) is 0. The zero-order chi connectivity index (χ0) is 11.4. The van der Waals surface area contributed by atoms with Crippen molar-refractivity contribution in [1.82, 2.24) is 4.98 Å². The molecule has 0 saturated heterocycles. The van der Waals surface area contributed by atoms with E-state index in [1.165, 1.54) is 0 Å². The normalized spacial score (nSPS) is 9.88. The van der Waals surface area contributed by atoms with Gasteiger partial charge in [0, 0.05) is 6.07 Å². The Hall–Kier alpha value is -1.34. The Balaban J connectivity index is 2.24. The molecule has 0 spiro atoms. The van der Waals surface area contributed by atoms with E-state index in [1.807, 2.05) is 30.3 Å². The van der Waals surface area contributed by atoms with Crippen molar-refractivity contribution in [3.8, 4) is 11.6 Å². The van der Waals surface area contributed by atoms with Crippen LogP contribution in [0.15, 0.2) is 42.5 Å². The predicted octanol–water partition coefficient (Wildman–Crippen LogP) is 2.76. The van der Waals surface area contributed by atoms with Crippen molar-refractivity contribution in [3.05, 3.63) is 46.0 Å². The lowest BCUT2D eigenvalue weighted by atomic mass is 10.3. The number of nitrogens with two attached hydrogens (primary N) is 1. The van der Waals surface area contributed by atoms with E-state index in [4.69, 9.17) is 10.6 Å². The number of aromatic nitrogens is 1. The number of hydrogen-bond donors (Lipinski definition) is 2. The number of nitrogens with zero attached hydrogens (tertiary/aromatic N) is 1. The molecule has 0 fully saturated rings. The fourth-order valence-corrected chi connectivity index (χ4v) is 1.69. The lowest BCUT2D eigenvalue weighted by Crippen LogP contribution is -2.08. The summed E-state index contributed by atoms with van der Waals surface area (Å²) in [4.78, 5) is 4.17. The molecule has 1 heterocycles. The van der Waals surface area contributed by atoms with E-state index in [-0.39, 0.29) is 0 Å². The predicted molar refractivity (Wildman–Crippen MR) is 71.3 cm³/mol. The molecule has 0 unspecified atom stereocenters. The number of para-hydroxylation sites is 1. The molecular formula is C11H10IN3O. The second-order valence-electron chi connectivity index (χ2n) is 3.04. The summed E-state index contributed by atoms with van der Waals surface area (Å²) >= 11 is 2.21. The second kappa shape index (κ2) is 5.13. The van der Waals surface area contributed by atoms with E-state index < -0.39 is 0 Å². The molecule has 1 aromatic heterocycles. The number of benzene rings is 1. The number of nitrogen functional groups attached to an aromatic ring is 1. The molecule has 3 N–H and O–H groups in total. The van der Waals surface area contributed by atoms with Crippen molar-refractivity contribution < 1.29 is 4.74 Å². The zero-order valence-corrected chi connectivity index (χ0v) is 10.5. The van der Waals surface area contributed by atoms with Gasteiger partial charge in [0.1, 0.15) is 11.6 Å². The highest BCUT2D eigenvalue weighted by molar-refractivity contribution is 14.1. The molecule has 1 aromatic carbocycles. The minimum atomic E-state index is 0.513. The topological polar surface area (TPSA) is 60.2 Å². The van der Waals surface area contributed by atoms with Crippen LogP contribution >= 0.6 is 22.6 Å². The fraction of sp³-hybridized carbons (Fsp3) is 0. The first-order valence-corrected chi connectivity index (χ1v) is 5.73. The number of hydrazine groups is 1. The van der Waals surface area contributed by atoms with Gasteiger partial charge in [0.15, 0.2) is 0 Å². The van der Waals surface area contributed by atoms with Gasteiger partial charge in [-0.15, -0.1) is 0 Å². The number of rotatable bonds is 3. The molecule has 0 aliphatic carbocycles. The summed E-state index contributed by atoms with van der Waals surface area (Å²) in [6.45, 7) is 0. The van der Waals surface area contributed by atoms with Crippen LogP contribution in [0, 0.1) is 3.57 Å². The number of nitrogens with one attached hydrogen (secondary N) is 1. The van der Waals surface area contributed by atoms with Gasteiger partial charge in [0.25, 0.3) is 0 Å². The Morgan fingerprint density at radius 2 is 1.94 bits per heavy atom. The Kier molecular flexibility index (Phi) is 3.58. The number of halogens is 1. The first kappa shape index (κ1) is 11.2. The van der Waals surface area contributed by atoms with Crippen LogP contribution in [0.2, 0.25) is 0 Å². The van der Waals surface area contributed by atoms with Crippen LogP contribution in [0.5, 0.6) is 11.6 Å². The third-order valence-electron chi connectivity index (χ3n) is 1.92. The molecule has 0 amide bonds. The summed E-state index contributed by atoms with van der Waals surface area (Å²) in [5.41, 5.74) is 2.47. The van der Waals surface area contributed by atoms with Gasteiger partial charge in [-0.05, 0) is 40.8 Å². The Bertz CT molecular complexity index is 490. The first-order valence-electron chi connectivity index (χ1n) is 4.65. The van der Waals surface area contributed by atoms with Crippen LogP contribution in [0.25, 0.3) is 0 Å². The minimum Gasteiger partial charge on any atom is -0.438 e. The number of ether oxygens (including phenoxy) is 1. The molecule has 2 rings (SSSR count). The van der Waals surface area contributed by atoms with Gasteiger partial charge in [0.2, 0.25) is 5.88 Å². The maximum atomic E-state index is 5.64. The van der Waals surface area contributed by atoms with Crippen LogP contribution in [-0.2, 0) is 0 Å². The van der Waals surface area contributed by atoms with Crippen LogP contribution in [0.3, 0.4) is 0 Å². The number of pyridine rings is 1. The SMILES string of the molecule is NNc1cccc(Oc2ccccc2I)n1. The van der Waals surface area contributed by atoms with Gasteiger partial charge < -0.3 is 10.2 Å². The summed E-state index contributed by atoms with van der Waals surface area (Å²) in [7, 11) is 0. The van der Waals surface area contributed by atoms with Crippen molar-refractivity contribution in [2.45, 2.75) is 0 Å². The highest BCUT2D eigenvalue weighted by Crippen LogP contribution is 2.25. The molecule has 16 heavy (non-hydrogen) atoms. The maximum absolute atomic E-state index is 5.64. The highest BCUT2D eigenvalue weighted by Gasteiger charge is 2.02. The Labute approximate surface area is 107 Å². The Morgan fingerprint density at radius 3 is 2.69 bits per heavy atom. The lowest BCUT2D eigenvalue weighted by molar-refractivity contribution is 0.460. The largest absolute Gasteiger partial charge is 0.438 e. The molecule has 82 valence electrons. The van der Waals surface area contributed by atoms with E-state index in [1.54, 1.807) is 12.1 Å². The van der Waals surface area contributed by atoms with Crippen LogP contribution in [0.1, 0.15) is 0 Å². The van der Waals surface area contributed by atoms with Crippen LogP contribution < -0.4 is 16.0 Å². The molecular weight excluding hydrogens is 317 g/mol. The summed E-state index contributed by atoms with van der Waals surface area (Å²) < 4.78 is 6.67. The highest BCUT2D eigenvalue weighted by atomic mass is 127. The lowest BCUT2D eigenvalue weighted by Gasteiger charge is -2.07. The molecule has 0 aliphatic heterocycles. The Morgan fingerprint density at radius 1 is 1.12 bits per heavy atom. The maximum Gasteiger partial charge on any atom is 0.221 e. The second-order valence-corrected chi connectivity index (χ2v) is 4.20. The van der Waals surface area contributed by atoms with Crippen molar-refractivity contribution in [1.29, 1.82) is 0 Å². The van der Waals surface area contributed by atoms with Crippen molar-refractivity contribution in [3.63, 3.8) is 0 Å². The molecule has 0 radical (unpaired) electrons. The van der Waals surface area contributed by atoms with Gasteiger partial charge in [-0.25, -0.2) is 5.84 Å². The molecule has 0 aliphatic rings. The van der Waals surface area contributed by atoms with Gasteiger partial charge in [-0.1, -0.05) is 18.2 Å². The van der Waals surface area contributed by atoms with Gasteiger partial charge >= 0.3 is 0 Å². The monoisotopic (exact) mass is 327 g/mol. The smallest absolute Gasteiger partial charge is 0.221 e. The average Bonchev–Trinajstić information content (AvgIpc) is 2.32. The molecule has 4 nitrogen and oxygen atoms in total. The van der Waals surface area contributed by atoms with Gasteiger partial charge in [-0.3, -0.25) is 0 Å². The van der Waals surface area contributed by atoms with E-state index in [2.05, 4.69) is 33.0 Å². The fourth-order valence-electron chi connectivity index (χ4n) is 1.19. The standard InChI is InChI=1S/C11H10IN3O/c12-8-4-1-2-5-9(8)16-11-7-3-6-10(14-11)15-13/h1-7H,13H2,(H,14,15). The van der Waals surface area contributed by atoms with Crippen molar-refractivity contribution >= 4 is 28.4 Å². The molecule has 0 saturated carbocycles. The summed E-state index contributed by atoms with van der Waals surface area (Å²) in [6, 6.07) is 13.1. The number of hydrogen-bond acceptors (Lipinski definition) is 4. The van der Waals surface area contributed by atoms with Crippen LogP contribution in [-0.4, -0.2) is 4.98 Å². The quantitative estimate of drug-likeness (QED) is 0.517. The molecule has 5 heteroatoms. The van der Waals surface area contributed by atoms with Crippen LogP contribution in [0.4, 0.5) is 5.82 Å². The third-order valence-corrected chi connectivity index (χ3v) is 2.81. The number of anilines is 1. The van der Waals surface area contributed by atoms with E-state index in [9.17, 15) is 0 Å². The third kappa shape index (κ3) is 2.61. The van der Waals surface area contributed by atoms with Gasteiger partial charge in [-0.2, -0.15) is 4.98 Å². The zero-order valence-electron chi connectivity index (χ0n) is 8.35. The van der Waals surface area contributed by atoms with Crippen molar-refractivity contribution in [2.24, 2.45) is 5.84 Å².